The zero-order valence-corrected chi connectivity index (χ0v) is 17.3. The number of hydrogen-bond donors (Lipinski definition) is 0. The van der Waals surface area contributed by atoms with Gasteiger partial charge in [0, 0.05) is 33.7 Å². The van der Waals surface area contributed by atoms with E-state index in [2.05, 4.69) is 54.6 Å². The Morgan fingerprint density at radius 1 is 0.406 bits per heavy atom. The fraction of sp³-hybridized carbons (Fsp3) is 0. The quantitative estimate of drug-likeness (QED) is 0.311. The van der Waals surface area contributed by atoms with Crippen molar-refractivity contribution in [1.29, 1.82) is 0 Å². The molecule has 0 radical (unpaired) electrons. The number of fused-ring (bicyclic) bond motifs is 2. The van der Waals surface area contributed by atoms with E-state index in [9.17, 15) is 0 Å². The molecule has 0 fully saturated rings. The van der Waals surface area contributed by atoms with Crippen molar-refractivity contribution in [1.82, 2.24) is 15.0 Å². The molecule has 0 unspecified atom stereocenters. The third-order valence-electron chi connectivity index (χ3n) is 5.73. The molecule has 0 aliphatic heterocycles. The number of para-hydroxylation sites is 2. The van der Waals surface area contributed by atoms with Crippen LogP contribution in [0.15, 0.2) is 115 Å². The minimum absolute atomic E-state index is 0.906. The molecule has 0 saturated carbocycles. The Morgan fingerprint density at radius 2 is 0.969 bits per heavy atom. The number of pyridine rings is 3. The molecule has 150 valence electrons. The summed E-state index contributed by atoms with van der Waals surface area (Å²) in [6.07, 6.45) is 1.83. The number of rotatable bonds is 3. The second-order valence-corrected chi connectivity index (χ2v) is 7.72. The second kappa shape index (κ2) is 7.71. The van der Waals surface area contributed by atoms with E-state index in [0.717, 1.165) is 55.6 Å². The van der Waals surface area contributed by atoms with Gasteiger partial charge in [-0.3, -0.25) is 4.98 Å². The first-order valence-electron chi connectivity index (χ1n) is 10.6. The fourth-order valence-electron chi connectivity index (χ4n) is 4.20. The van der Waals surface area contributed by atoms with Crippen LogP contribution in [-0.4, -0.2) is 15.0 Å². The molecular formula is C29H19N3. The summed E-state index contributed by atoms with van der Waals surface area (Å²) in [6.45, 7) is 0. The molecule has 0 atom stereocenters. The van der Waals surface area contributed by atoms with Gasteiger partial charge in [-0.25, -0.2) is 9.97 Å². The minimum atomic E-state index is 0.906. The van der Waals surface area contributed by atoms with Crippen molar-refractivity contribution in [3.8, 4) is 33.8 Å². The highest BCUT2D eigenvalue weighted by Crippen LogP contribution is 2.38. The lowest BCUT2D eigenvalue weighted by molar-refractivity contribution is 1.31. The van der Waals surface area contributed by atoms with Crippen molar-refractivity contribution < 1.29 is 0 Å². The van der Waals surface area contributed by atoms with E-state index in [1.165, 1.54) is 0 Å². The molecule has 0 saturated heterocycles. The molecule has 32 heavy (non-hydrogen) atoms. The molecule has 0 amide bonds. The van der Waals surface area contributed by atoms with Crippen LogP contribution in [0.3, 0.4) is 0 Å². The molecule has 6 aromatic rings. The summed E-state index contributed by atoms with van der Waals surface area (Å²) in [5, 5.41) is 2.26. The van der Waals surface area contributed by atoms with Gasteiger partial charge >= 0.3 is 0 Å². The number of aromatic nitrogens is 3. The molecule has 6 rings (SSSR count). The van der Waals surface area contributed by atoms with Crippen LogP contribution in [-0.2, 0) is 0 Å². The summed E-state index contributed by atoms with van der Waals surface area (Å²) in [5.41, 5.74) is 7.84. The van der Waals surface area contributed by atoms with E-state index in [0.29, 0.717) is 0 Å². The Morgan fingerprint density at radius 3 is 1.53 bits per heavy atom. The van der Waals surface area contributed by atoms with Crippen LogP contribution < -0.4 is 0 Å². The van der Waals surface area contributed by atoms with Gasteiger partial charge in [0.05, 0.1) is 28.1 Å². The van der Waals surface area contributed by atoms with Gasteiger partial charge in [-0.2, -0.15) is 0 Å². The third kappa shape index (κ3) is 3.21. The van der Waals surface area contributed by atoms with E-state index >= 15 is 0 Å². The molecule has 3 aromatic carbocycles. The van der Waals surface area contributed by atoms with Crippen LogP contribution in [0.25, 0.3) is 55.6 Å². The summed E-state index contributed by atoms with van der Waals surface area (Å²) in [4.78, 5) is 14.6. The lowest BCUT2D eigenvalue weighted by Crippen LogP contribution is -1.95. The minimum Gasteiger partial charge on any atom is -0.256 e. The largest absolute Gasteiger partial charge is 0.256 e. The molecule has 0 bridgehead atoms. The molecular weight excluding hydrogens is 390 g/mol. The van der Waals surface area contributed by atoms with E-state index < -0.39 is 0 Å². The third-order valence-corrected chi connectivity index (χ3v) is 5.73. The summed E-state index contributed by atoms with van der Waals surface area (Å²) in [5.74, 6) is 0. The number of hydrogen-bond acceptors (Lipinski definition) is 3. The molecule has 0 aliphatic rings. The maximum absolute atomic E-state index is 4.97. The van der Waals surface area contributed by atoms with Crippen molar-refractivity contribution in [2.75, 3.05) is 0 Å². The topological polar surface area (TPSA) is 38.7 Å². The Balaban J connectivity index is 1.63. The van der Waals surface area contributed by atoms with Crippen molar-refractivity contribution >= 4 is 21.8 Å². The van der Waals surface area contributed by atoms with Gasteiger partial charge in [0.25, 0.3) is 0 Å². The van der Waals surface area contributed by atoms with Crippen LogP contribution in [0.2, 0.25) is 0 Å². The van der Waals surface area contributed by atoms with E-state index in [1.54, 1.807) is 0 Å². The first-order valence-corrected chi connectivity index (χ1v) is 10.6. The van der Waals surface area contributed by atoms with Crippen molar-refractivity contribution in [2.45, 2.75) is 0 Å². The molecule has 3 heterocycles. The number of nitrogens with zero attached hydrogens (tertiary/aromatic N) is 3. The lowest BCUT2D eigenvalue weighted by Gasteiger charge is -2.15. The Kier molecular flexibility index (Phi) is 4.43. The zero-order valence-electron chi connectivity index (χ0n) is 17.3. The van der Waals surface area contributed by atoms with Gasteiger partial charge in [0.1, 0.15) is 0 Å². The van der Waals surface area contributed by atoms with Gasteiger partial charge in [-0.1, -0.05) is 72.8 Å². The number of benzene rings is 3. The SMILES string of the molecule is c1ccc(-c2c(-c3ccc4ccccc4n3)cccc2-c2ccc3ccccc3n2)nc1. The highest BCUT2D eigenvalue weighted by atomic mass is 14.7. The molecule has 3 aromatic heterocycles. The van der Waals surface area contributed by atoms with Crippen LogP contribution in [0.4, 0.5) is 0 Å². The van der Waals surface area contributed by atoms with Gasteiger partial charge in [0.2, 0.25) is 0 Å². The Labute approximate surface area is 186 Å². The normalized spacial score (nSPS) is 11.1. The van der Waals surface area contributed by atoms with Crippen LogP contribution in [0, 0.1) is 0 Å². The zero-order chi connectivity index (χ0) is 21.3. The Hall–Kier alpha value is -4.37. The predicted molar refractivity (Wildman–Crippen MR) is 131 cm³/mol. The standard InChI is InChI=1S/C29H19N3/c1-3-12-24-20(8-1)15-17-26(31-24)22-10-7-11-23(29(22)28-14-5-6-19-30-28)27-18-16-21-9-2-4-13-25(21)32-27/h1-19H. The van der Waals surface area contributed by atoms with Crippen molar-refractivity contribution in [3.05, 3.63) is 115 Å². The molecule has 0 N–H and O–H groups in total. The fourth-order valence-corrected chi connectivity index (χ4v) is 4.20. The van der Waals surface area contributed by atoms with Crippen LogP contribution in [0.1, 0.15) is 0 Å². The smallest absolute Gasteiger partial charge is 0.0716 e. The second-order valence-electron chi connectivity index (χ2n) is 7.72. The van der Waals surface area contributed by atoms with E-state index in [-0.39, 0.29) is 0 Å². The molecule has 3 heteroatoms. The van der Waals surface area contributed by atoms with Crippen LogP contribution in [0.5, 0.6) is 0 Å². The molecule has 3 nitrogen and oxygen atoms in total. The summed E-state index contributed by atoms with van der Waals surface area (Å²) >= 11 is 0. The summed E-state index contributed by atoms with van der Waals surface area (Å²) in [6, 6.07) is 37.1. The average molecular weight is 409 g/mol. The van der Waals surface area contributed by atoms with Gasteiger partial charge < -0.3 is 0 Å². The summed E-state index contributed by atoms with van der Waals surface area (Å²) in [7, 11) is 0. The highest BCUT2D eigenvalue weighted by Gasteiger charge is 2.17. The first-order chi connectivity index (χ1) is 15.9. The van der Waals surface area contributed by atoms with Crippen molar-refractivity contribution in [2.24, 2.45) is 0 Å². The Bertz CT molecular complexity index is 1480. The van der Waals surface area contributed by atoms with Gasteiger partial charge in [-0.15, -0.1) is 0 Å². The van der Waals surface area contributed by atoms with Crippen molar-refractivity contribution in [3.63, 3.8) is 0 Å². The maximum Gasteiger partial charge on any atom is 0.0716 e. The van der Waals surface area contributed by atoms with Gasteiger partial charge in [-0.05, 0) is 36.4 Å². The van der Waals surface area contributed by atoms with E-state index in [4.69, 9.17) is 15.0 Å². The first kappa shape index (κ1) is 18.4. The molecule has 0 spiro atoms. The predicted octanol–water partition coefficient (Wildman–Crippen LogP) is 7.18. The summed E-state index contributed by atoms with van der Waals surface area (Å²) < 4.78 is 0. The highest BCUT2D eigenvalue weighted by molar-refractivity contribution is 5.94. The van der Waals surface area contributed by atoms with E-state index in [1.807, 2.05) is 60.8 Å². The molecule has 0 aliphatic carbocycles. The monoisotopic (exact) mass is 409 g/mol. The average Bonchev–Trinajstić information content (AvgIpc) is 2.88. The maximum atomic E-state index is 4.97. The lowest BCUT2D eigenvalue weighted by atomic mass is 9.93. The van der Waals surface area contributed by atoms with Crippen LogP contribution >= 0.6 is 0 Å². The van der Waals surface area contributed by atoms with Gasteiger partial charge in [0.15, 0.2) is 0 Å².